The highest BCUT2D eigenvalue weighted by Gasteiger charge is 2.40. The van der Waals surface area contributed by atoms with E-state index in [1.165, 1.54) is 13.0 Å². The molecule has 0 aromatic rings. The van der Waals surface area contributed by atoms with E-state index in [-0.39, 0.29) is 10.8 Å². The van der Waals surface area contributed by atoms with E-state index in [1.807, 2.05) is 13.1 Å². The predicted octanol–water partition coefficient (Wildman–Crippen LogP) is 3.63. The van der Waals surface area contributed by atoms with E-state index in [9.17, 15) is 9.59 Å². The molecule has 0 amide bonds. The quantitative estimate of drug-likeness (QED) is 0.444. The Balaban J connectivity index is 5.11. The van der Waals surface area contributed by atoms with Gasteiger partial charge in [0.05, 0.1) is 5.57 Å². The standard InChI is InChI=1S/C14H24O3Si/c1-8-9-12(10-11(2)15)13(16)17-18(6,7)14(3,4)5/h8-10H,1-7H3/b9-8+,12-10-. The van der Waals surface area contributed by atoms with Crippen molar-refractivity contribution in [2.45, 2.75) is 52.8 Å². The third-order valence-electron chi connectivity index (χ3n) is 3.09. The van der Waals surface area contributed by atoms with Gasteiger partial charge in [-0.15, -0.1) is 0 Å². The first-order chi connectivity index (χ1) is 8.01. The van der Waals surface area contributed by atoms with Gasteiger partial charge in [0.1, 0.15) is 0 Å². The lowest BCUT2D eigenvalue weighted by Crippen LogP contribution is -2.42. The number of hydrogen-bond donors (Lipinski definition) is 0. The van der Waals surface area contributed by atoms with E-state index in [2.05, 4.69) is 20.8 Å². The maximum absolute atomic E-state index is 12.1. The summed E-state index contributed by atoms with van der Waals surface area (Å²) in [6.45, 7) is 13.4. The average Bonchev–Trinajstić information content (AvgIpc) is 2.13. The molecule has 102 valence electrons. The first-order valence-electron chi connectivity index (χ1n) is 6.09. The monoisotopic (exact) mass is 268 g/mol. The van der Waals surface area contributed by atoms with Crippen LogP contribution >= 0.6 is 0 Å². The van der Waals surface area contributed by atoms with E-state index in [0.29, 0.717) is 5.57 Å². The minimum atomic E-state index is -2.15. The third kappa shape index (κ3) is 5.00. The molecule has 0 heterocycles. The van der Waals surface area contributed by atoms with Gasteiger partial charge in [0, 0.05) is 0 Å². The van der Waals surface area contributed by atoms with Crippen molar-refractivity contribution in [3.63, 3.8) is 0 Å². The number of allylic oxidation sites excluding steroid dienone is 2. The Bertz CT molecular complexity index is 384. The van der Waals surface area contributed by atoms with Crippen LogP contribution < -0.4 is 0 Å². The van der Waals surface area contributed by atoms with E-state index in [0.717, 1.165) is 0 Å². The maximum atomic E-state index is 12.1. The van der Waals surface area contributed by atoms with Crippen LogP contribution in [0.1, 0.15) is 34.6 Å². The number of carbonyl (C=O) groups excluding carboxylic acids is 2. The third-order valence-corrected chi connectivity index (χ3v) is 7.40. The molecule has 0 aliphatic carbocycles. The van der Waals surface area contributed by atoms with E-state index >= 15 is 0 Å². The zero-order chi connectivity index (χ0) is 14.6. The second-order valence-electron chi connectivity index (χ2n) is 5.86. The first kappa shape index (κ1) is 16.8. The molecule has 0 radical (unpaired) electrons. The van der Waals surface area contributed by atoms with Gasteiger partial charge < -0.3 is 4.43 Å². The fraction of sp³-hybridized carbons (Fsp3) is 0.571. The summed E-state index contributed by atoms with van der Waals surface area (Å²) in [5.41, 5.74) is 0.315. The molecule has 0 aliphatic rings. The Morgan fingerprint density at radius 2 is 1.67 bits per heavy atom. The second-order valence-corrected chi connectivity index (χ2v) is 10.6. The van der Waals surface area contributed by atoms with Gasteiger partial charge >= 0.3 is 5.97 Å². The van der Waals surface area contributed by atoms with Gasteiger partial charge in [-0.2, -0.15) is 0 Å². The fourth-order valence-electron chi connectivity index (χ4n) is 1.02. The first-order valence-corrected chi connectivity index (χ1v) is 9.00. The molecule has 0 atom stereocenters. The van der Waals surface area contributed by atoms with Gasteiger partial charge in [-0.05, 0) is 38.1 Å². The van der Waals surface area contributed by atoms with E-state index in [4.69, 9.17) is 4.43 Å². The van der Waals surface area contributed by atoms with Crippen LogP contribution in [-0.4, -0.2) is 20.1 Å². The number of ketones is 1. The number of carbonyl (C=O) groups is 2. The van der Waals surface area contributed by atoms with Crippen molar-refractivity contribution in [2.24, 2.45) is 0 Å². The fourth-order valence-corrected chi connectivity index (χ4v) is 1.90. The molecular weight excluding hydrogens is 244 g/mol. The average molecular weight is 268 g/mol. The molecule has 18 heavy (non-hydrogen) atoms. The Hall–Kier alpha value is -1.16. The molecule has 0 aliphatic heterocycles. The molecule has 0 aromatic heterocycles. The lowest BCUT2D eigenvalue weighted by atomic mass is 10.2. The normalized spacial score (nSPS) is 13.8. The Morgan fingerprint density at radius 1 is 1.17 bits per heavy atom. The van der Waals surface area contributed by atoms with Crippen LogP contribution in [0.5, 0.6) is 0 Å². The summed E-state index contributed by atoms with van der Waals surface area (Å²) < 4.78 is 5.65. The highest BCUT2D eigenvalue weighted by molar-refractivity contribution is 6.75. The van der Waals surface area contributed by atoms with Gasteiger partial charge in [-0.25, -0.2) is 4.79 Å². The largest absolute Gasteiger partial charge is 0.516 e. The molecular formula is C14H24O3Si. The molecule has 0 N–H and O–H groups in total. The molecule has 0 bridgehead atoms. The minimum absolute atomic E-state index is 0.0417. The Morgan fingerprint density at radius 3 is 2.00 bits per heavy atom. The van der Waals surface area contributed by atoms with Crippen LogP contribution in [0, 0.1) is 0 Å². The molecule has 4 heteroatoms. The number of rotatable bonds is 4. The minimum Gasteiger partial charge on any atom is -0.516 e. The van der Waals surface area contributed by atoms with Crippen LogP contribution in [0.2, 0.25) is 18.1 Å². The summed E-state index contributed by atoms with van der Waals surface area (Å²) in [6.07, 6.45) is 4.65. The molecule has 0 saturated heterocycles. The summed E-state index contributed by atoms with van der Waals surface area (Å²) in [5, 5.41) is -0.0417. The van der Waals surface area contributed by atoms with E-state index < -0.39 is 14.3 Å². The van der Waals surface area contributed by atoms with Crippen molar-refractivity contribution in [1.82, 2.24) is 0 Å². The molecule has 0 rings (SSSR count). The lowest BCUT2D eigenvalue weighted by molar-refractivity contribution is -0.131. The van der Waals surface area contributed by atoms with Crippen molar-refractivity contribution in [3.05, 3.63) is 23.8 Å². The van der Waals surface area contributed by atoms with Crippen molar-refractivity contribution >= 4 is 20.1 Å². The highest BCUT2D eigenvalue weighted by Crippen LogP contribution is 2.37. The van der Waals surface area contributed by atoms with Gasteiger partial charge in [-0.3, -0.25) is 4.79 Å². The van der Waals surface area contributed by atoms with Gasteiger partial charge in [0.15, 0.2) is 5.78 Å². The van der Waals surface area contributed by atoms with Crippen LogP contribution in [0.15, 0.2) is 23.8 Å². The smallest absolute Gasteiger partial charge is 0.324 e. The van der Waals surface area contributed by atoms with Crippen molar-refractivity contribution in [3.8, 4) is 0 Å². The summed E-state index contributed by atoms with van der Waals surface area (Å²) >= 11 is 0. The maximum Gasteiger partial charge on any atom is 0.324 e. The Labute approximate surface area is 111 Å². The van der Waals surface area contributed by atoms with Crippen LogP contribution in [0.25, 0.3) is 0 Å². The topological polar surface area (TPSA) is 43.4 Å². The molecule has 0 aromatic carbocycles. The van der Waals surface area contributed by atoms with Gasteiger partial charge in [0.25, 0.3) is 8.32 Å². The second kappa shape index (κ2) is 6.14. The van der Waals surface area contributed by atoms with E-state index in [1.54, 1.807) is 19.1 Å². The predicted molar refractivity (Wildman–Crippen MR) is 76.9 cm³/mol. The molecule has 3 nitrogen and oxygen atoms in total. The van der Waals surface area contributed by atoms with Crippen molar-refractivity contribution in [2.75, 3.05) is 0 Å². The van der Waals surface area contributed by atoms with Crippen LogP contribution in [0.3, 0.4) is 0 Å². The lowest BCUT2D eigenvalue weighted by Gasteiger charge is -2.35. The molecule has 0 spiro atoms. The SMILES string of the molecule is C/C=C/C(=C/C(C)=O)C(=O)O[Si](C)(C)C(C)(C)C. The molecule has 0 unspecified atom stereocenters. The zero-order valence-electron chi connectivity index (χ0n) is 12.5. The van der Waals surface area contributed by atoms with Crippen molar-refractivity contribution < 1.29 is 14.0 Å². The highest BCUT2D eigenvalue weighted by atomic mass is 28.4. The summed E-state index contributed by atoms with van der Waals surface area (Å²) in [6, 6.07) is 0. The van der Waals surface area contributed by atoms with Gasteiger partial charge in [-0.1, -0.05) is 32.9 Å². The van der Waals surface area contributed by atoms with Crippen molar-refractivity contribution in [1.29, 1.82) is 0 Å². The van der Waals surface area contributed by atoms with Gasteiger partial charge in [0.2, 0.25) is 0 Å². The summed E-state index contributed by atoms with van der Waals surface area (Å²) in [5.74, 6) is -0.565. The number of hydrogen-bond acceptors (Lipinski definition) is 3. The molecule has 0 fully saturated rings. The molecule has 0 saturated carbocycles. The van der Waals surface area contributed by atoms with Crippen LogP contribution in [-0.2, 0) is 14.0 Å². The Kier molecular flexibility index (Phi) is 5.74. The van der Waals surface area contributed by atoms with Crippen LogP contribution in [0.4, 0.5) is 0 Å². The summed E-state index contributed by atoms with van der Waals surface area (Å²) in [7, 11) is -2.15. The summed E-state index contributed by atoms with van der Waals surface area (Å²) in [4.78, 5) is 23.2. The zero-order valence-corrected chi connectivity index (χ0v) is 13.5.